The van der Waals surface area contributed by atoms with Crippen LogP contribution in [0.2, 0.25) is 0 Å². The van der Waals surface area contributed by atoms with Crippen LogP contribution < -0.4 is 0 Å². The standard InChI is InChI=1S/C22H28O7/c1-3-28-20(25)22(21(26)29-4-2,18-12-11-17(18)19(23)24)13-8-14-27-15-16-9-6-5-7-10-16/h5-7,9-12,17-18H,3-4,8,13-15H2,1-2H3,(H,23,24)/t17-,18+/m1/s1. The van der Waals surface area contributed by atoms with E-state index in [1.165, 1.54) is 6.08 Å². The number of esters is 2. The molecule has 2 atom stereocenters. The first-order chi connectivity index (χ1) is 14.0. The van der Waals surface area contributed by atoms with Crippen LogP contribution in [0, 0.1) is 17.3 Å². The molecule has 1 aromatic carbocycles. The van der Waals surface area contributed by atoms with Gasteiger partial charge in [0.25, 0.3) is 0 Å². The van der Waals surface area contributed by atoms with Gasteiger partial charge in [0, 0.05) is 12.5 Å². The van der Waals surface area contributed by atoms with Gasteiger partial charge in [-0.25, -0.2) is 0 Å². The van der Waals surface area contributed by atoms with Gasteiger partial charge in [-0.2, -0.15) is 0 Å². The second kappa shape index (κ2) is 10.8. The molecule has 0 saturated heterocycles. The van der Waals surface area contributed by atoms with E-state index in [1.54, 1.807) is 19.9 Å². The molecule has 0 unspecified atom stereocenters. The molecule has 2 rings (SSSR count). The van der Waals surface area contributed by atoms with Crippen molar-refractivity contribution < 1.29 is 33.7 Å². The number of carboxylic acids is 1. The molecule has 1 aliphatic carbocycles. The molecular weight excluding hydrogens is 376 g/mol. The highest BCUT2D eigenvalue weighted by atomic mass is 16.6. The first-order valence-corrected chi connectivity index (χ1v) is 9.84. The Kier molecular flexibility index (Phi) is 8.39. The number of carbonyl (C=O) groups is 3. The Balaban J connectivity index is 2.13. The minimum absolute atomic E-state index is 0.0816. The molecule has 1 aromatic rings. The minimum Gasteiger partial charge on any atom is -0.481 e. The summed E-state index contributed by atoms with van der Waals surface area (Å²) in [4.78, 5) is 37.3. The SMILES string of the molecule is CCOC(=O)C(CCCOCc1ccccc1)(C(=O)OCC)[C@H]1C=C[C@H]1C(=O)O. The lowest BCUT2D eigenvalue weighted by Crippen LogP contribution is -2.53. The predicted molar refractivity (Wildman–Crippen MR) is 105 cm³/mol. The van der Waals surface area contributed by atoms with Crippen LogP contribution >= 0.6 is 0 Å². The van der Waals surface area contributed by atoms with E-state index in [2.05, 4.69) is 0 Å². The highest BCUT2D eigenvalue weighted by Crippen LogP contribution is 2.46. The van der Waals surface area contributed by atoms with Crippen LogP contribution in [0.5, 0.6) is 0 Å². The Bertz CT molecular complexity index is 708. The van der Waals surface area contributed by atoms with Gasteiger partial charge in [-0.3, -0.25) is 14.4 Å². The number of hydrogen-bond donors (Lipinski definition) is 1. The minimum atomic E-state index is -1.69. The first-order valence-electron chi connectivity index (χ1n) is 9.84. The Hall–Kier alpha value is -2.67. The lowest BCUT2D eigenvalue weighted by molar-refractivity contribution is -0.179. The largest absolute Gasteiger partial charge is 0.481 e. The normalized spacial score (nSPS) is 18.0. The number of carboxylic acid groups (broad SMARTS) is 1. The molecule has 29 heavy (non-hydrogen) atoms. The van der Waals surface area contributed by atoms with Gasteiger partial charge in [-0.15, -0.1) is 0 Å². The van der Waals surface area contributed by atoms with Crippen LogP contribution in [-0.2, 0) is 35.2 Å². The van der Waals surface area contributed by atoms with Crippen molar-refractivity contribution in [1.82, 2.24) is 0 Å². The molecule has 0 radical (unpaired) electrons. The highest BCUT2D eigenvalue weighted by Gasteiger charge is 2.58. The topological polar surface area (TPSA) is 99.1 Å². The van der Waals surface area contributed by atoms with Crippen LogP contribution in [0.15, 0.2) is 42.5 Å². The van der Waals surface area contributed by atoms with Crippen molar-refractivity contribution in [3.8, 4) is 0 Å². The van der Waals surface area contributed by atoms with E-state index in [0.717, 1.165) is 5.56 Å². The summed E-state index contributed by atoms with van der Waals surface area (Å²) in [5.41, 5.74) is -0.678. The summed E-state index contributed by atoms with van der Waals surface area (Å²) in [5, 5.41) is 9.45. The molecule has 7 nitrogen and oxygen atoms in total. The molecule has 0 saturated carbocycles. The second-order valence-electron chi connectivity index (χ2n) is 6.83. The molecule has 0 fully saturated rings. The zero-order valence-corrected chi connectivity index (χ0v) is 16.8. The smallest absolute Gasteiger partial charge is 0.324 e. The van der Waals surface area contributed by atoms with E-state index >= 15 is 0 Å². The van der Waals surface area contributed by atoms with E-state index in [4.69, 9.17) is 14.2 Å². The van der Waals surface area contributed by atoms with Crippen LogP contribution in [0.4, 0.5) is 0 Å². The van der Waals surface area contributed by atoms with Crippen molar-refractivity contribution in [3.05, 3.63) is 48.0 Å². The van der Waals surface area contributed by atoms with Crippen LogP contribution in [0.25, 0.3) is 0 Å². The van der Waals surface area contributed by atoms with Crippen LogP contribution in [0.3, 0.4) is 0 Å². The zero-order chi connectivity index (χ0) is 21.3. The molecule has 0 amide bonds. The van der Waals surface area contributed by atoms with E-state index in [-0.39, 0.29) is 19.6 Å². The number of rotatable bonds is 12. The van der Waals surface area contributed by atoms with Crippen LogP contribution in [-0.4, -0.2) is 42.8 Å². The molecule has 0 aromatic heterocycles. The highest BCUT2D eigenvalue weighted by molar-refractivity contribution is 6.02. The lowest BCUT2D eigenvalue weighted by Gasteiger charge is -2.40. The van der Waals surface area contributed by atoms with Gasteiger partial charge in [-0.05, 0) is 32.3 Å². The summed E-state index contributed by atoms with van der Waals surface area (Å²) in [7, 11) is 0. The summed E-state index contributed by atoms with van der Waals surface area (Å²) in [5.74, 6) is -4.33. The van der Waals surface area contributed by atoms with Crippen molar-refractivity contribution in [1.29, 1.82) is 0 Å². The summed E-state index contributed by atoms with van der Waals surface area (Å²) in [6.45, 7) is 4.17. The molecule has 0 aliphatic heterocycles. The van der Waals surface area contributed by atoms with Gasteiger partial charge in [0.1, 0.15) is 0 Å². The van der Waals surface area contributed by atoms with Gasteiger partial charge in [0.2, 0.25) is 0 Å². The van der Waals surface area contributed by atoms with E-state index in [9.17, 15) is 19.5 Å². The maximum atomic E-state index is 12.9. The van der Waals surface area contributed by atoms with Crippen molar-refractivity contribution >= 4 is 17.9 Å². The number of allylic oxidation sites excluding steroid dienone is 1. The fourth-order valence-corrected chi connectivity index (χ4v) is 3.50. The van der Waals surface area contributed by atoms with Gasteiger partial charge < -0.3 is 19.3 Å². The molecule has 0 spiro atoms. The third kappa shape index (κ3) is 5.23. The molecule has 1 N–H and O–H groups in total. The van der Waals surface area contributed by atoms with Crippen molar-refractivity contribution in [2.45, 2.75) is 33.3 Å². The summed E-state index contributed by atoms with van der Waals surface area (Å²) in [6, 6.07) is 9.64. The fraction of sp³-hybridized carbons (Fsp3) is 0.500. The quantitative estimate of drug-likeness (QED) is 0.247. The molecular formula is C22H28O7. The van der Waals surface area contributed by atoms with E-state index < -0.39 is 35.2 Å². The molecule has 158 valence electrons. The first kappa shape index (κ1) is 22.6. The Morgan fingerprint density at radius 1 is 1.00 bits per heavy atom. The van der Waals surface area contributed by atoms with Gasteiger partial charge >= 0.3 is 17.9 Å². The molecule has 1 aliphatic rings. The summed E-state index contributed by atoms with van der Waals surface area (Å²) in [6.07, 6.45) is 3.52. The predicted octanol–water partition coefficient (Wildman–Crippen LogP) is 2.98. The van der Waals surface area contributed by atoms with Crippen molar-refractivity contribution in [2.24, 2.45) is 17.3 Å². The lowest BCUT2D eigenvalue weighted by atomic mass is 9.62. The fourth-order valence-electron chi connectivity index (χ4n) is 3.50. The van der Waals surface area contributed by atoms with Gasteiger partial charge in [-0.1, -0.05) is 42.5 Å². The van der Waals surface area contributed by atoms with Gasteiger partial charge in [0.05, 0.1) is 25.7 Å². The third-order valence-corrected chi connectivity index (χ3v) is 5.02. The Morgan fingerprint density at radius 3 is 2.10 bits per heavy atom. The van der Waals surface area contributed by atoms with E-state index in [1.807, 2.05) is 30.3 Å². The maximum Gasteiger partial charge on any atom is 0.324 e. The summed E-state index contributed by atoms with van der Waals surface area (Å²) >= 11 is 0. The number of hydrogen-bond acceptors (Lipinski definition) is 6. The van der Waals surface area contributed by atoms with Crippen LogP contribution in [0.1, 0.15) is 32.3 Å². The number of benzene rings is 1. The van der Waals surface area contributed by atoms with Gasteiger partial charge in [0.15, 0.2) is 5.41 Å². The number of aliphatic carboxylic acids is 1. The molecule has 0 bridgehead atoms. The molecule has 7 heteroatoms. The third-order valence-electron chi connectivity index (χ3n) is 5.02. The van der Waals surface area contributed by atoms with E-state index in [0.29, 0.717) is 19.6 Å². The average Bonchev–Trinajstić information content (AvgIpc) is 2.66. The monoisotopic (exact) mass is 404 g/mol. The van der Waals surface area contributed by atoms with Crippen molar-refractivity contribution in [2.75, 3.05) is 19.8 Å². The van der Waals surface area contributed by atoms with Crippen molar-refractivity contribution in [3.63, 3.8) is 0 Å². The maximum absolute atomic E-state index is 12.9. The zero-order valence-electron chi connectivity index (χ0n) is 16.8. The second-order valence-corrected chi connectivity index (χ2v) is 6.83. The summed E-state index contributed by atoms with van der Waals surface area (Å²) < 4.78 is 16.0. The number of carbonyl (C=O) groups excluding carboxylic acids is 2. The Labute approximate surface area is 170 Å². The molecule has 0 heterocycles. The average molecular weight is 404 g/mol. The Morgan fingerprint density at radius 2 is 1.62 bits per heavy atom. The number of ether oxygens (including phenoxy) is 3.